The summed E-state index contributed by atoms with van der Waals surface area (Å²) in [7, 11) is 0. The minimum Gasteiger partial charge on any atom is -0.397 e. The van der Waals surface area contributed by atoms with E-state index in [0.717, 1.165) is 10.7 Å². The van der Waals surface area contributed by atoms with Crippen molar-refractivity contribution >= 4 is 23.1 Å². The van der Waals surface area contributed by atoms with Crippen LogP contribution in [0.25, 0.3) is 11.3 Å². The molecule has 5 heteroatoms. The van der Waals surface area contributed by atoms with Gasteiger partial charge in [0.15, 0.2) is 5.65 Å². The minimum absolute atomic E-state index is 0.468. The van der Waals surface area contributed by atoms with Gasteiger partial charge in [-0.15, -0.1) is 11.8 Å². The summed E-state index contributed by atoms with van der Waals surface area (Å²) in [5, 5.41) is 0.860. The molecular formula is C9H10N4S. The number of imidazole rings is 1. The molecule has 0 amide bonds. The molecule has 2 N–H and O–H groups in total. The number of hydrogen-bond donors (Lipinski definition) is 1. The maximum Gasteiger partial charge on any atom is 0.169 e. The number of thioether (sulfide) groups is 1. The van der Waals surface area contributed by atoms with Crippen LogP contribution in [-0.4, -0.2) is 20.6 Å². The lowest BCUT2D eigenvalue weighted by Crippen LogP contribution is -2.01. The Morgan fingerprint density at radius 2 is 2.43 bits per heavy atom. The number of aromatic nitrogens is 3. The van der Waals surface area contributed by atoms with Crippen molar-refractivity contribution in [1.82, 2.24) is 14.4 Å². The van der Waals surface area contributed by atoms with E-state index in [1.807, 2.05) is 23.1 Å². The van der Waals surface area contributed by atoms with Gasteiger partial charge in [0.1, 0.15) is 10.7 Å². The Hall–Kier alpha value is -1.49. The maximum atomic E-state index is 5.60. The van der Waals surface area contributed by atoms with E-state index in [1.165, 1.54) is 0 Å². The van der Waals surface area contributed by atoms with Crippen LogP contribution in [0.4, 0.5) is 0 Å². The van der Waals surface area contributed by atoms with Crippen LogP contribution >= 0.6 is 11.8 Å². The molecule has 0 aliphatic heterocycles. The van der Waals surface area contributed by atoms with Gasteiger partial charge in [0.2, 0.25) is 0 Å². The predicted octanol–water partition coefficient (Wildman–Crippen LogP) is 1.38. The van der Waals surface area contributed by atoms with Crippen molar-refractivity contribution < 1.29 is 0 Å². The molecule has 14 heavy (non-hydrogen) atoms. The summed E-state index contributed by atoms with van der Waals surface area (Å²) < 4.78 is 1.90. The number of rotatable bonds is 2. The lowest BCUT2D eigenvalue weighted by Gasteiger charge is -2.04. The molecule has 0 saturated carbocycles. The van der Waals surface area contributed by atoms with Gasteiger partial charge < -0.3 is 10.1 Å². The molecule has 2 aromatic rings. The van der Waals surface area contributed by atoms with Gasteiger partial charge in [-0.25, -0.2) is 9.97 Å². The van der Waals surface area contributed by atoms with E-state index in [2.05, 4.69) is 16.5 Å². The summed E-state index contributed by atoms with van der Waals surface area (Å²) in [6.07, 6.45) is 7.38. The molecule has 0 radical (unpaired) electrons. The zero-order valence-corrected chi connectivity index (χ0v) is 8.58. The summed E-state index contributed by atoms with van der Waals surface area (Å²) in [6.45, 7) is 3.66. The molecule has 72 valence electrons. The zero-order chi connectivity index (χ0) is 10.1. The molecule has 0 bridgehead atoms. The van der Waals surface area contributed by atoms with Crippen molar-refractivity contribution in [2.45, 2.75) is 5.03 Å². The topological polar surface area (TPSA) is 56.2 Å². The van der Waals surface area contributed by atoms with Crippen LogP contribution in [0.2, 0.25) is 0 Å². The third kappa shape index (κ3) is 1.35. The summed E-state index contributed by atoms with van der Waals surface area (Å²) in [4.78, 5) is 8.55. The van der Waals surface area contributed by atoms with E-state index in [0.29, 0.717) is 11.4 Å². The summed E-state index contributed by atoms with van der Waals surface area (Å²) in [6, 6.07) is 0. The molecule has 2 rings (SSSR count). The number of nitrogens with zero attached hydrogens (tertiary/aromatic N) is 3. The van der Waals surface area contributed by atoms with Crippen molar-refractivity contribution in [3.05, 3.63) is 30.9 Å². The molecule has 0 atom stereocenters. The molecule has 0 aliphatic carbocycles. The first-order valence-electron chi connectivity index (χ1n) is 4.05. The van der Waals surface area contributed by atoms with Crippen molar-refractivity contribution in [3.63, 3.8) is 0 Å². The van der Waals surface area contributed by atoms with Gasteiger partial charge in [0.25, 0.3) is 0 Å². The van der Waals surface area contributed by atoms with Crippen LogP contribution in [0.5, 0.6) is 0 Å². The van der Waals surface area contributed by atoms with Crippen LogP contribution in [0.3, 0.4) is 0 Å². The number of hydrogen-bond acceptors (Lipinski definition) is 4. The molecule has 0 saturated heterocycles. The molecule has 2 heterocycles. The Balaban J connectivity index is 2.73. The van der Waals surface area contributed by atoms with Crippen molar-refractivity contribution in [3.8, 4) is 0 Å². The van der Waals surface area contributed by atoms with Gasteiger partial charge in [-0.1, -0.05) is 6.58 Å². The van der Waals surface area contributed by atoms with Gasteiger partial charge in [-0.05, 0) is 6.26 Å². The molecule has 0 unspecified atom stereocenters. The fourth-order valence-electron chi connectivity index (χ4n) is 1.19. The van der Waals surface area contributed by atoms with Crippen LogP contribution < -0.4 is 5.73 Å². The van der Waals surface area contributed by atoms with Crippen LogP contribution in [0.15, 0.2) is 30.2 Å². The Morgan fingerprint density at radius 3 is 3.07 bits per heavy atom. The number of nitrogens with two attached hydrogens (primary N) is 1. The Morgan fingerprint density at radius 1 is 1.64 bits per heavy atom. The SMILES string of the molecule is C=C(N)c1cn2ccnc2c(SC)n1. The fourth-order valence-corrected chi connectivity index (χ4v) is 1.72. The van der Waals surface area contributed by atoms with Crippen molar-refractivity contribution in [2.75, 3.05) is 6.26 Å². The van der Waals surface area contributed by atoms with E-state index >= 15 is 0 Å². The summed E-state index contributed by atoms with van der Waals surface area (Å²) in [5.41, 5.74) is 7.61. The van der Waals surface area contributed by atoms with Gasteiger partial charge in [-0.3, -0.25) is 0 Å². The largest absolute Gasteiger partial charge is 0.397 e. The molecule has 0 fully saturated rings. The zero-order valence-electron chi connectivity index (χ0n) is 7.77. The molecule has 0 spiro atoms. The lowest BCUT2D eigenvalue weighted by molar-refractivity contribution is 1.01. The summed E-state index contributed by atoms with van der Waals surface area (Å²) in [5.74, 6) is 0. The van der Waals surface area contributed by atoms with E-state index in [1.54, 1.807) is 18.0 Å². The number of fused-ring (bicyclic) bond motifs is 1. The highest BCUT2D eigenvalue weighted by Gasteiger charge is 2.06. The average molecular weight is 206 g/mol. The Labute approximate surface area is 85.9 Å². The maximum absolute atomic E-state index is 5.60. The second-order valence-corrected chi connectivity index (χ2v) is 3.61. The van der Waals surface area contributed by atoms with E-state index in [9.17, 15) is 0 Å². The molecular weight excluding hydrogens is 196 g/mol. The average Bonchev–Trinajstić information content (AvgIpc) is 2.63. The predicted molar refractivity (Wildman–Crippen MR) is 58.0 cm³/mol. The minimum atomic E-state index is 0.468. The molecule has 0 aromatic carbocycles. The first-order valence-corrected chi connectivity index (χ1v) is 5.27. The first kappa shape index (κ1) is 9.08. The normalized spacial score (nSPS) is 10.6. The highest BCUT2D eigenvalue weighted by atomic mass is 32.2. The van der Waals surface area contributed by atoms with Crippen LogP contribution in [-0.2, 0) is 0 Å². The molecule has 0 aliphatic rings. The van der Waals surface area contributed by atoms with E-state index in [4.69, 9.17) is 5.73 Å². The standard InChI is InChI=1S/C9H10N4S/c1-6(10)7-5-13-4-3-11-8(13)9(12-7)14-2/h3-5H,1,10H2,2H3. The second-order valence-electron chi connectivity index (χ2n) is 2.82. The van der Waals surface area contributed by atoms with Gasteiger partial charge in [0, 0.05) is 18.6 Å². The van der Waals surface area contributed by atoms with Gasteiger partial charge >= 0.3 is 0 Å². The second kappa shape index (κ2) is 3.34. The van der Waals surface area contributed by atoms with Gasteiger partial charge in [-0.2, -0.15) is 0 Å². The highest BCUT2D eigenvalue weighted by Crippen LogP contribution is 2.19. The Bertz CT molecular complexity index is 489. The third-order valence-electron chi connectivity index (χ3n) is 1.87. The highest BCUT2D eigenvalue weighted by molar-refractivity contribution is 7.98. The molecule has 4 nitrogen and oxygen atoms in total. The monoisotopic (exact) mass is 206 g/mol. The Kier molecular flexibility index (Phi) is 2.17. The van der Waals surface area contributed by atoms with Gasteiger partial charge in [0.05, 0.1) is 5.70 Å². The van der Waals surface area contributed by atoms with E-state index < -0.39 is 0 Å². The quantitative estimate of drug-likeness (QED) is 0.754. The third-order valence-corrected chi connectivity index (χ3v) is 2.53. The van der Waals surface area contributed by atoms with Crippen LogP contribution in [0, 0.1) is 0 Å². The first-order chi connectivity index (χ1) is 6.72. The van der Waals surface area contributed by atoms with Crippen molar-refractivity contribution in [2.24, 2.45) is 5.73 Å². The summed E-state index contributed by atoms with van der Waals surface area (Å²) >= 11 is 1.54. The van der Waals surface area contributed by atoms with Crippen LogP contribution in [0.1, 0.15) is 5.69 Å². The van der Waals surface area contributed by atoms with Crippen molar-refractivity contribution in [1.29, 1.82) is 0 Å². The molecule has 2 aromatic heterocycles. The lowest BCUT2D eigenvalue weighted by atomic mass is 10.4. The van der Waals surface area contributed by atoms with E-state index in [-0.39, 0.29) is 0 Å². The smallest absolute Gasteiger partial charge is 0.169 e. The fraction of sp³-hybridized carbons (Fsp3) is 0.111.